The molecule has 0 aliphatic rings. The second kappa shape index (κ2) is 11.5. The minimum atomic E-state index is -0.154. The summed E-state index contributed by atoms with van der Waals surface area (Å²) < 4.78 is 10.3. The highest BCUT2D eigenvalue weighted by Crippen LogP contribution is 2.12. The van der Waals surface area contributed by atoms with E-state index in [9.17, 15) is 9.59 Å². The fourth-order valence-electron chi connectivity index (χ4n) is 2.05. The van der Waals surface area contributed by atoms with Gasteiger partial charge in [0, 0.05) is 13.0 Å². The molecule has 0 fully saturated rings. The topological polar surface area (TPSA) is 64.6 Å². The summed E-state index contributed by atoms with van der Waals surface area (Å²) in [5.74, 6) is 0.417. The number of carbonyl (C=O) groups is 2. The van der Waals surface area contributed by atoms with Gasteiger partial charge in [-0.25, -0.2) is 0 Å². The van der Waals surface area contributed by atoms with Crippen LogP contribution in [0, 0.1) is 0 Å². The normalized spacial score (nSPS) is 10.2. The average molecular weight is 321 g/mol. The number of rotatable bonds is 11. The zero-order valence-electron chi connectivity index (χ0n) is 14.1. The van der Waals surface area contributed by atoms with Gasteiger partial charge in [0.05, 0.1) is 6.61 Å². The summed E-state index contributed by atoms with van der Waals surface area (Å²) in [7, 11) is 0. The number of aryl methyl sites for hydroxylation is 1. The number of amides is 1. The first-order valence-corrected chi connectivity index (χ1v) is 8.29. The molecule has 0 atom stereocenters. The standard InChI is InChI=1S/C18H27NO4/c1-3-15-9-11-16(12-10-15)23-14-17(20)19-13-7-5-6-8-18(21)22-4-2/h9-12H,3-8,13-14H2,1-2H3,(H,19,20). The van der Waals surface area contributed by atoms with E-state index in [-0.39, 0.29) is 18.5 Å². The highest BCUT2D eigenvalue weighted by molar-refractivity contribution is 5.77. The van der Waals surface area contributed by atoms with Gasteiger partial charge >= 0.3 is 5.97 Å². The van der Waals surface area contributed by atoms with E-state index < -0.39 is 0 Å². The molecule has 1 amide bonds. The lowest BCUT2D eigenvalue weighted by Crippen LogP contribution is -2.29. The first-order chi connectivity index (χ1) is 11.2. The molecule has 1 rings (SSSR count). The molecule has 1 aromatic rings. The third-order valence-corrected chi connectivity index (χ3v) is 3.39. The molecule has 23 heavy (non-hydrogen) atoms. The number of nitrogens with one attached hydrogen (secondary N) is 1. The van der Waals surface area contributed by atoms with Crippen LogP contribution < -0.4 is 10.1 Å². The van der Waals surface area contributed by atoms with Crippen molar-refractivity contribution < 1.29 is 19.1 Å². The molecule has 0 unspecified atom stereocenters. The molecular formula is C18H27NO4. The molecule has 0 saturated heterocycles. The minimum Gasteiger partial charge on any atom is -0.484 e. The molecule has 0 spiro atoms. The molecule has 1 aromatic carbocycles. The molecular weight excluding hydrogens is 294 g/mol. The minimum absolute atomic E-state index is 0.0221. The predicted octanol–water partition coefficient (Wildman–Crippen LogP) is 2.87. The van der Waals surface area contributed by atoms with Crippen molar-refractivity contribution in [3.63, 3.8) is 0 Å². The van der Waals surface area contributed by atoms with Crippen LogP contribution >= 0.6 is 0 Å². The Morgan fingerprint density at radius 2 is 1.78 bits per heavy atom. The van der Waals surface area contributed by atoms with Gasteiger partial charge in [-0.3, -0.25) is 9.59 Å². The molecule has 0 aliphatic heterocycles. The van der Waals surface area contributed by atoms with E-state index in [1.54, 1.807) is 6.92 Å². The number of carbonyl (C=O) groups excluding carboxylic acids is 2. The Labute approximate surface area is 138 Å². The van der Waals surface area contributed by atoms with Gasteiger partial charge in [-0.2, -0.15) is 0 Å². The van der Waals surface area contributed by atoms with Gasteiger partial charge in [0.15, 0.2) is 6.61 Å². The van der Waals surface area contributed by atoms with E-state index in [0.29, 0.717) is 25.3 Å². The van der Waals surface area contributed by atoms with Gasteiger partial charge in [0.2, 0.25) is 0 Å². The molecule has 0 heterocycles. The van der Waals surface area contributed by atoms with E-state index in [0.717, 1.165) is 25.7 Å². The Kier molecular flexibility index (Phi) is 9.52. The van der Waals surface area contributed by atoms with Crippen LogP contribution in [0.25, 0.3) is 0 Å². The van der Waals surface area contributed by atoms with Crippen LogP contribution in [-0.2, 0) is 20.7 Å². The molecule has 1 N–H and O–H groups in total. The summed E-state index contributed by atoms with van der Waals surface area (Å²) in [4.78, 5) is 22.8. The van der Waals surface area contributed by atoms with Crippen LogP contribution in [0.3, 0.4) is 0 Å². The molecule has 0 aromatic heterocycles. The van der Waals surface area contributed by atoms with E-state index in [4.69, 9.17) is 9.47 Å². The molecule has 0 radical (unpaired) electrons. The number of hydrogen-bond acceptors (Lipinski definition) is 4. The third kappa shape index (κ3) is 8.86. The van der Waals surface area contributed by atoms with Crippen LogP contribution in [0.15, 0.2) is 24.3 Å². The fourth-order valence-corrected chi connectivity index (χ4v) is 2.05. The Bertz CT molecular complexity index is 470. The Hall–Kier alpha value is -2.04. The summed E-state index contributed by atoms with van der Waals surface area (Å²) in [6.45, 7) is 4.94. The van der Waals surface area contributed by atoms with Crippen LogP contribution in [-0.4, -0.2) is 31.6 Å². The van der Waals surface area contributed by atoms with Crippen LogP contribution in [0.2, 0.25) is 0 Å². The predicted molar refractivity (Wildman–Crippen MR) is 89.4 cm³/mol. The largest absolute Gasteiger partial charge is 0.484 e. The fraction of sp³-hybridized carbons (Fsp3) is 0.556. The zero-order valence-corrected chi connectivity index (χ0v) is 14.1. The summed E-state index contributed by atoms with van der Waals surface area (Å²) in [5, 5.41) is 2.81. The van der Waals surface area contributed by atoms with Crippen molar-refractivity contribution in [2.45, 2.75) is 46.0 Å². The van der Waals surface area contributed by atoms with Crippen molar-refractivity contribution in [2.24, 2.45) is 0 Å². The molecule has 0 saturated carbocycles. The molecule has 5 nitrogen and oxygen atoms in total. The molecule has 0 bridgehead atoms. The smallest absolute Gasteiger partial charge is 0.305 e. The lowest BCUT2D eigenvalue weighted by Gasteiger charge is -2.08. The number of esters is 1. The van der Waals surface area contributed by atoms with Crippen LogP contribution in [0.5, 0.6) is 5.75 Å². The van der Waals surface area contributed by atoms with E-state index >= 15 is 0 Å². The van der Waals surface area contributed by atoms with Crippen LogP contribution in [0.4, 0.5) is 0 Å². The Morgan fingerprint density at radius 3 is 2.43 bits per heavy atom. The molecule has 5 heteroatoms. The number of unbranched alkanes of at least 4 members (excludes halogenated alkanes) is 2. The van der Waals surface area contributed by atoms with E-state index in [1.807, 2.05) is 24.3 Å². The van der Waals surface area contributed by atoms with Gasteiger partial charge in [0.25, 0.3) is 5.91 Å². The quantitative estimate of drug-likeness (QED) is 0.503. The van der Waals surface area contributed by atoms with Gasteiger partial charge in [-0.15, -0.1) is 0 Å². The van der Waals surface area contributed by atoms with Crippen molar-refractivity contribution >= 4 is 11.9 Å². The maximum Gasteiger partial charge on any atom is 0.305 e. The first-order valence-electron chi connectivity index (χ1n) is 8.29. The number of ether oxygens (including phenoxy) is 2. The van der Waals surface area contributed by atoms with Crippen molar-refractivity contribution in [3.05, 3.63) is 29.8 Å². The molecule has 128 valence electrons. The zero-order chi connectivity index (χ0) is 16.9. The number of benzene rings is 1. The second-order valence-corrected chi connectivity index (χ2v) is 5.25. The van der Waals surface area contributed by atoms with Gasteiger partial charge < -0.3 is 14.8 Å². The maximum atomic E-state index is 11.7. The Morgan fingerprint density at radius 1 is 1.04 bits per heavy atom. The van der Waals surface area contributed by atoms with Gasteiger partial charge in [-0.05, 0) is 43.9 Å². The summed E-state index contributed by atoms with van der Waals surface area (Å²) in [6, 6.07) is 7.75. The van der Waals surface area contributed by atoms with Crippen molar-refractivity contribution in [1.82, 2.24) is 5.32 Å². The van der Waals surface area contributed by atoms with Crippen molar-refractivity contribution in [2.75, 3.05) is 19.8 Å². The van der Waals surface area contributed by atoms with Crippen LogP contribution in [0.1, 0.15) is 45.1 Å². The lowest BCUT2D eigenvalue weighted by molar-refractivity contribution is -0.143. The summed E-state index contributed by atoms with van der Waals surface area (Å²) >= 11 is 0. The summed E-state index contributed by atoms with van der Waals surface area (Å²) in [6.07, 6.45) is 3.94. The Balaban J connectivity index is 2.04. The van der Waals surface area contributed by atoms with Gasteiger partial charge in [-0.1, -0.05) is 25.5 Å². The molecule has 0 aliphatic carbocycles. The highest BCUT2D eigenvalue weighted by atomic mass is 16.5. The van der Waals surface area contributed by atoms with E-state index in [1.165, 1.54) is 5.56 Å². The highest BCUT2D eigenvalue weighted by Gasteiger charge is 2.03. The third-order valence-electron chi connectivity index (χ3n) is 3.39. The SMILES string of the molecule is CCOC(=O)CCCCCNC(=O)COc1ccc(CC)cc1. The monoisotopic (exact) mass is 321 g/mol. The maximum absolute atomic E-state index is 11.7. The second-order valence-electron chi connectivity index (χ2n) is 5.25. The summed E-state index contributed by atoms with van der Waals surface area (Å²) in [5.41, 5.74) is 1.24. The number of hydrogen-bond donors (Lipinski definition) is 1. The lowest BCUT2D eigenvalue weighted by atomic mass is 10.2. The first kappa shape index (κ1) is 19.0. The average Bonchev–Trinajstić information content (AvgIpc) is 2.56. The van der Waals surface area contributed by atoms with Crippen molar-refractivity contribution in [3.8, 4) is 5.75 Å². The van der Waals surface area contributed by atoms with Crippen molar-refractivity contribution in [1.29, 1.82) is 0 Å². The van der Waals surface area contributed by atoms with E-state index in [2.05, 4.69) is 12.2 Å². The van der Waals surface area contributed by atoms with Gasteiger partial charge in [0.1, 0.15) is 5.75 Å².